The number of fused-ring (bicyclic) bond motifs is 11. The fourth-order valence-corrected chi connectivity index (χ4v) is 7.60. The van der Waals surface area contributed by atoms with Gasteiger partial charge in [-0.15, -0.1) is 0 Å². The number of aromatic amines is 2. The molecular weight excluding hydrogens is 633 g/mol. The minimum absolute atomic E-state index is 0.879. The van der Waals surface area contributed by atoms with Crippen molar-refractivity contribution in [3.63, 3.8) is 0 Å². The van der Waals surface area contributed by atoms with Gasteiger partial charge in [-0.2, -0.15) is 0 Å². The van der Waals surface area contributed by atoms with Gasteiger partial charge in [-0.05, 0) is 58.7 Å². The van der Waals surface area contributed by atoms with Crippen LogP contribution in [0.2, 0.25) is 0 Å². The van der Waals surface area contributed by atoms with Gasteiger partial charge in [-0.1, -0.05) is 146 Å². The summed E-state index contributed by atoms with van der Waals surface area (Å²) in [5.41, 5.74) is 18.6. The van der Waals surface area contributed by atoms with Crippen molar-refractivity contribution in [2.75, 3.05) is 0 Å². The van der Waals surface area contributed by atoms with Crippen molar-refractivity contribution < 1.29 is 0 Å². The Balaban J connectivity index is 1.47. The molecule has 8 aromatic rings. The Morgan fingerprint density at radius 2 is 0.885 bits per heavy atom. The molecule has 0 saturated carbocycles. The van der Waals surface area contributed by atoms with Crippen LogP contribution in [0, 0.1) is 0 Å². The molecule has 2 aliphatic heterocycles. The lowest BCUT2D eigenvalue weighted by Gasteiger charge is -2.12. The van der Waals surface area contributed by atoms with Crippen LogP contribution in [-0.2, 0) is 0 Å². The van der Waals surface area contributed by atoms with Gasteiger partial charge >= 0.3 is 0 Å². The number of rotatable bonds is 4. The monoisotopic (exact) mass is 664 g/mol. The van der Waals surface area contributed by atoms with Crippen LogP contribution < -0.4 is 0 Å². The molecule has 0 saturated heterocycles. The molecule has 4 nitrogen and oxygen atoms in total. The summed E-state index contributed by atoms with van der Waals surface area (Å²) in [6, 6.07) is 61.9. The Bertz CT molecular complexity index is 2810. The molecule has 5 heterocycles. The average molecular weight is 665 g/mol. The lowest BCUT2D eigenvalue weighted by Crippen LogP contribution is -1.92. The van der Waals surface area contributed by atoms with E-state index < -0.39 is 0 Å². The van der Waals surface area contributed by atoms with E-state index in [4.69, 9.17) is 9.97 Å². The minimum Gasteiger partial charge on any atom is -0.355 e. The second-order valence-electron chi connectivity index (χ2n) is 13.2. The van der Waals surface area contributed by atoms with Crippen LogP contribution in [0.3, 0.4) is 0 Å². The van der Waals surface area contributed by atoms with Gasteiger partial charge < -0.3 is 9.97 Å². The predicted octanol–water partition coefficient (Wildman–Crippen LogP) is 12.2. The molecule has 2 aliphatic rings. The number of H-pyrrole nitrogens is 2. The highest BCUT2D eigenvalue weighted by Gasteiger charge is 2.25. The number of aromatic nitrogens is 4. The maximum absolute atomic E-state index is 5.47. The quantitative estimate of drug-likeness (QED) is 0.197. The molecule has 0 atom stereocenters. The van der Waals surface area contributed by atoms with Crippen molar-refractivity contribution in [3.8, 4) is 55.9 Å². The highest BCUT2D eigenvalue weighted by Crippen LogP contribution is 2.46. The maximum Gasteiger partial charge on any atom is 0.0815 e. The number of benzene rings is 5. The molecule has 5 aromatic carbocycles. The lowest BCUT2D eigenvalue weighted by molar-refractivity contribution is 1.31. The van der Waals surface area contributed by atoms with Crippen LogP contribution in [0.5, 0.6) is 0 Å². The van der Waals surface area contributed by atoms with Crippen molar-refractivity contribution in [2.45, 2.75) is 0 Å². The second kappa shape index (κ2) is 12.4. The molecule has 0 amide bonds. The Morgan fingerprint density at radius 1 is 0.385 bits per heavy atom. The van der Waals surface area contributed by atoms with E-state index in [2.05, 4.69) is 192 Å². The Labute approximate surface area is 301 Å². The molecule has 0 aliphatic carbocycles. The minimum atomic E-state index is 0.879. The van der Waals surface area contributed by atoms with E-state index in [-0.39, 0.29) is 0 Å². The fraction of sp³-hybridized carbons (Fsp3) is 0. The molecule has 10 rings (SSSR count). The average Bonchev–Trinajstić information content (AvgIpc) is 3.99. The van der Waals surface area contributed by atoms with E-state index in [1.165, 1.54) is 0 Å². The molecule has 0 spiro atoms. The van der Waals surface area contributed by atoms with Gasteiger partial charge in [0.15, 0.2) is 0 Å². The van der Waals surface area contributed by atoms with E-state index in [0.717, 1.165) is 100 Å². The molecule has 0 unspecified atom stereocenters. The van der Waals surface area contributed by atoms with Crippen molar-refractivity contribution in [3.05, 3.63) is 193 Å². The van der Waals surface area contributed by atoms with Gasteiger partial charge in [0, 0.05) is 49.9 Å². The Kier molecular flexibility index (Phi) is 7.10. The van der Waals surface area contributed by atoms with Crippen LogP contribution in [0.4, 0.5) is 0 Å². The van der Waals surface area contributed by atoms with E-state index in [1.54, 1.807) is 0 Å². The fourth-order valence-electron chi connectivity index (χ4n) is 7.60. The molecule has 0 fully saturated rings. The largest absolute Gasteiger partial charge is 0.355 e. The van der Waals surface area contributed by atoms with Crippen molar-refractivity contribution in [1.29, 1.82) is 0 Å². The van der Waals surface area contributed by atoms with Crippen LogP contribution in [0.25, 0.3) is 89.6 Å². The standard InChI is InChI=1S/C48H32N4/c1-5-15-31(16-6-1)40-28-37-27-35-25-26-36(49-35)29-41-38-23-13-14-24-39(38)42(51-41)30-43-44(32-17-7-2-8-18-32)45(33-19-9-3-10-20-33)48(52-43)46(47(40)50-37)34-21-11-4-12-22-34/h1-30,49,52H. The first-order chi connectivity index (χ1) is 25.8. The van der Waals surface area contributed by atoms with E-state index in [9.17, 15) is 0 Å². The molecule has 4 heteroatoms. The second-order valence-corrected chi connectivity index (χ2v) is 13.2. The predicted molar refractivity (Wildman–Crippen MR) is 215 cm³/mol. The molecule has 8 bridgehead atoms. The van der Waals surface area contributed by atoms with Crippen molar-refractivity contribution in [1.82, 2.24) is 19.9 Å². The highest BCUT2D eigenvalue weighted by atomic mass is 14.8. The smallest absolute Gasteiger partial charge is 0.0815 e. The van der Waals surface area contributed by atoms with E-state index in [1.807, 2.05) is 0 Å². The molecule has 2 N–H and O–H groups in total. The summed E-state index contributed by atoms with van der Waals surface area (Å²) in [7, 11) is 0. The molecule has 0 radical (unpaired) electrons. The van der Waals surface area contributed by atoms with Crippen LogP contribution in [0.1, 0.15) is 17.0 Å². The van der Waals surface area contributed by atoms with Crippen molar-refractivity contribution >= 4 is 33.7 Å². The summed E-state index contributed by atoms with van der Waals surface area (Å²) >= 11 is 0. The first kappa shape index (κ1) is 29.8. The summed E-state index contributed by atoms with van der Waals surface area (Å²) in [6.07, 6.45) is 2.21. The summed E-state index contributed by atoms with van der Waals surface area (Å²) in [4.78, 5) is 18.4. The SMILES string of the molecule is C1=C(c2ccccc2)c2nc1cc1ccc(cc3nc(cc4[nH]c(c2-c2ccccc2)c(-c2ccccc2)c4-c2ccccc2)-c2ccccc2-3)[nH]1. The zero-order valence-electron chi connectivity index (χ0n) is 28.2. The number of nitrogens with one attached hydrogen (secondary N) is 2. The zero-order valence-corrected chi connectivity index (χ0v) is 28.2. The zero-order chi connectivity index (χ0) is 34.4. The topological polar surface area (TPSA) is 57.4 Å². The molecule has 244 valence electrons. The van der Waals surface area contributed by atoms with Crippen molar-refractivity contribution in [2.24, 2.45) is 0 Å². The van der Waals surface area contributed by atoms with Crippen LogP contribution in [0.15, 0.2) is 176 Å². The van der Waals surface area contributed by atoms with Crippen LogP contribution >= 0.6 is 0 Å². The molecule has 3 aromatic heterocycles. The Hall–Kier alpha value is -7.04. The van der Waals surface area contributed by atoms with Crippen LogP contribution in [-0.4, -0.2) is 19.9 Å². The summed E-state index contributed by atoms with van der Waals surface area (Å²) in [6.45, 7) is 0. The van der Waals surface area contributed by atoms with Gasteiger partial charge in [0.1, 0.15) is 0 Å². The third-order valence-electron chi connectivity index (χ3n) is 9.90. The summed E-state index contributed by atoms with van der Waals surface area (Å²) < 4.78 is 0. The first-order valence-electron chi connectivity index (χ1n) is 17.6. The molecule has 52 heavy (non-hydrogen) atoms. The number of hydrogen-bond acceptors (Lipinski definition) is 2. The van der Waals surface area contributed by atoms with Gasteiger partial charge in [-0.25, -0.2) is 9.97 Å². The van der Waals surface area contributed by atoms with Gasteiger partial charge in [0.25, 0.3) is 0 Å². The maximum atomic E-state index is 5.47. The van der Waals surface area contributed by atoms with E-state index in [0.29, 0.717) is 0 Å². The molecular formula is C48H32N4. The van der Waals surface area contributed by atoms with E-state index >= 15 is 0 Å². The summed E-state index contributed by atoms with van der Waals surface area (Å²) in [5, 5.41) is 0. The van der Waals surface area contributed by atoms with Gasteiger partial charge in [-0.3, -0.25) is 0 Å². The lowest BCUT2D eigenvalue weighted by atomic mass is 9.91. The van der Waals surface area contributed by atoms with Gasteiger partial charge in [0.05, 0.1) is 28.3 Å². The van der Waals surface area contributed by atoms with Gasteiger partial charge in [0.2, 0.25) is 0 Å². The third kappa shape index (κ3) is 5.17. The first-order valence-corrected chi connectivity index (χ1v) is 17.6. The number of hydrogen-bond donors (Lipinski definition) is 2. The highest BCUT2D eigenvalue weighted by molar-refractivity contribution is 6.11. The Morgan fingerprint density at radius 3 is 1.50 bits per heavy atom. The number of nitrogens with zero attached hydrogens (tertiary/aromatic N) is 2. The third-order valence-corrected chi connectivity index (χ3v) is 9.90. The summed E-state index contributed by atoms with van der Waals surface area (Å²) in [5.74, 6) is 0. The normalized spacial score (nSPS) is 12.0.